The van der Waals surface area contributed by atoms with Crippen molar-refractivity contribution in [3.8, 4) is 11.1 Å². The fourth-order valence-electron chi connectivity index (χ4n) is 1.94. The van der Waals surface area contributed by atoms with E-state index in [4.69, 9.17) is 16.6 Å². The maximum atomic E-state index is 13.4. The fraction of sp³-hybridized carbons (Fsp3) is 0.200. The van der Waals surface area contributed by atoms with Crippen LogP contribution < -0.4 is 11.5 Å². The van der Waals surface area contributed by atoms with Crippen molar-refractivity contribution >= 4 is 0 Å². The zero-order valence-corrected chi connectivity index (χ0v) is 10.5. The maximum absolute atomic E-state index is 13.4. The molecule has 0 saturated carbocycles. The number of aliphatic hydroxyl groups is 1. The first-order valence-corrected chi connectivity index (χ1v) is 6.11. The Bertz CT molecular complexity index is 555. The summed E-state index contributed by atoms with van der Waals surface area (Å²) in [4.78, 5) is 0. The van der Waals surface area contributed by atoms with E-state index in [1.54, 1.807) is 12.1 Å². The molecule has 0 amide bonds. The van der Waals surface area contributed by atoms with Crippen LogP contribution in [-0.2, 0) is 6.54 Å². The number of hydrogen-bond acceptors (Lipinski definition) is 3. The molecule has 0 aliphatic rings. The molecule has 2 aromatic carbocycles. The molecule has 5 N–H and O–H groups in total. The molecule has 0 aliphatic heterocycles. The third kappa shape index (κ3) is 2.98. The standard InChI is InChI=1S/C15H17FN2O/c16-14-6-5-12(7-13(14)8-17)10-1-3-11(4-2-10)15(18)9-19/h1-7,15,19H,8-9,17-18H2. The number of benzene rings is 2. The molecule has 3 nitrogen and oxygen atoms in total. The Morgan fingerprint density at radius 1 is 1.05 bits per heavy atom. The zero-order valence-electron chi connectivity index (χ0n) is 10.5. The normalized spacial score (nSPS) is 12.4. The minimum absolute atomic E-state index is 0.0901. The molecule has 0 fully saturated rings. The molecular weight excluding hydrogens is 243 g/mol. The van der Waals surface area contributed by atoms with Crippen LogP contribution in [0.25, 0.3) is 11.1 Å². The second-order valence-corrected chi connectivity index (χ2v) is 4.42. The van der Waals surface area contributed by atoms with Gasteiger partial charge in [0.05, 0.1) is 12.6 Å². The summed E-state index contributed by atoms with van der Waals surface area (Å²) in [7, 11) is 0. The van der Waals surface area contributed by atoms with Crippen molar-refractivity contribution in [1.29, 1.82) is 0 Å². The van der Waals surface area contributed by atoms with E-state index in [0.717, 1.165) is 16.7 Å². The molecular formula is C15H17FN2O. The molecule has 2 aromatic rings. The van der Waals surface area contributed by atoms with Gasteiger partial charge in [0, 0.05) is 12.1 Å². The predicted octanol–water partition coefficient (Wildman–Crippen LogP) is 1.94. The van der Waals surface area contributed by atoms with E-state index in [0.29, 0.717) is 5.56 Å². The van der Waals surface area contributed by atoms with Gasteiger partial charge in [-0.3, -0.25) is 0 Å². The third-order valence-electron chi connectivity index (χ3n) is 3.13. The van der Waals surface area contributed by atoms with Crippen LogP contribution in [0.5, 0.6) is 0 Å². The number of hydrogen-bond donors (Lipinski definition) is 3. The Morgan fingerprint density at radius 2 is 1.68 bits per heavy atom. The molecule has 19 heavy (non-hydrogen) atoms. The van der Waals surface area contributed by atoms with E-state index in [2.05, 4.69) is 0 Å². The number of halogens is 1. The summed E-state index contributed by atoms with van der Waals surface area (Å²) >= 11 is 0. The smallest absolute Gasteiger partial charge is 0.127 e. The molecule has 0 spiro atoms. The first-order chi connectivity index (χ1) is 9.15. The highest BCUT2D eigenvalue weighted by molar-refractivity contribution is 5.64. The Balaban J connectivity index is 2.32. The van der Waals surface area contributed by atoms with Gasteiger partial charge in [0.25, 0.3) is 0 Å². The van der Waals surface area contributed by atoms with Gasteiger partial charge in [-0.15, -0.1) is 0 Å². The molecule has 4 heteroatoms. The van der Waals surface area contributed by atoms with Gasteiger partial charge in [0.2, 0.25) is 0 Å². The van der Waals surface area contributed by atoms with Gasteiger partial charge >= 0.3 is 0 Å². The molecule has 1 unspecified atom stereocenters. The van der Waals surface area contributed by atoms with Gasteiger partial charge in [-0.05, 0) is 28.8 Å². The number of aliphatic hydroxyl groups excluding tert-OH is 1. The van der Waals surface area contributed by atoms with E-state index in [9.17, 15) is 4.39 Å². The van der Waals surface area contributed by atoms with E-state index in [1.807, 2.05) is 24.3 Å². The van der Waals surface area contributed by atoms with Crippen LogP contribution in [0.3, 0.4) is 0 Å². The Labute approximate surface area is 111 Å². The lowest BCUT2D eigenvalue weighted by molar-refractivity contribution is 0.268. The first-order valence-electron chi connectivity index (χ1n) is 6.11. The van der Waals surface area contributed by atoms with Gasteiger partial charge in [-0.2, -0.15) is 0 Å². The summed E-state index contributed by atoms with van der Waals surface area (Å²) in [6.07, 6.45) is 0. The van der Waals surface area contributed by atoms with Gasteiger partial charge in [-0.25, -0.2) is 4.39 Å². The monoisotopic (exact) mass is 260 g/mol. The summed E-state index contributed by atoms with van der Waals surface area (Å²) in [5.74, 6) is -0.287. The van der Waals surface area contributed by atoms with Crippen molar-refractivity contribution in [3.05, 3.63) is 59.4 Å². The molecule has 0 radical (unpaired) electrons. The molecule has 2 rings (SSSR count). The summed E-state index contributed by atoms with van der Waals surface area (Å²) in [6, 6.07) is 12.0. The third-order valence-corrected chi connectivity index (χ3v) is 3.13. The van der Waals surface area contributed by atoms with Crippen molar-refractivity contribution in [2.24, 2.45) is 11.5 Å². The minimum atomic E-state index is -0.373. The molecule has 1 atom stereocenters. The predicted molar refractivity (Wildman–Crippen MR) is 73.7 cm³/mol. The lowest BCUT2D eigenvalue weighted by Gasteiger charge is -2.10. The molecule has 0 aliphatic carbocycles. The molecule has 0 bridgehead atoms. The number of rotatable bonds is 4. The van der Waals surface area contributed by atoms with Crippen LogP contribution in [0, 0.1) is 5.82 Å². The molecule has 0 saturated heterocycles. The summed E-state index contributed by atoms with van der Waals surface area (Å²) < 4.78 is 13.4. The van der Waals surface area contributed by atoms with E-state index in [-0.39, 0.29) is 25.0 Å². The minimum Gasteiger partial charge on any atom is -0.394 e. The first kappa shape index (κ1) is 13.7. The number of nitrogens with two attached hydrogens (primary N) is 2. The Morgan fingerprint density at radius 3 is 2.26 bits per heavy atom. The van der Waals surface area contributed by atoms with Crippen molar-refractivity contribution in [2.75, 3.05) is 6.61 Å². The Hall–Kier alpha value is -1.75. The highest BCUT2D eigenvalue weighted by atomic mass is 19.1. The maximum Gasteiger partial charge on any atom is 0.127 e. The van der Waals surface area contributed by atoms with Crippen molar-refractivity contribution < 1.29 is 9.50 Å². The van der Waals surface area contributed by atoms with E-state index < -0.39 is 0 Å². The quantitative estimate of drug-likeness (QED) is 0.786. The largest absolute Gasteiger partial charge is 0.394 e. The van der Waals surface area contributed by atoms with Crippen LogP contribution in [0.4, 0.5) is 4.39 Å². The van der Waals surface area contributed by atoms with Crippen LogP contribution in [0.2, 0.25) is 0 Å². The van der Waals surface area contributed by atoms with Crippen LogP contribution >= 0.6 is 0 Å². The lowest BCUT2D eigenvalue weighted by atomic mass is 9.99. The average Bonchev–Trinajstić information content (AvgIpc) is 2.47. The summed E-state index contributed by atoms with van der Waals surface area (Å²) in [5, 5.41) is 8.99. The van der Waals surface area contributed by atoms with Crippen molar-refractivity contribution in [1.82, 2.24) is 0 Å². The van der Waals surface area contributed by atoms with Crippen LogP contribution in [0.1, 0.15) is 17.2 Å². The Kier molecular flexibility index (Phi) is 4.27. The zero-order chi connectivity index (χ0) is 13.8. The average molecular weight is 260 g/mol. The topological polar surface area (TPSA) is 72.3 Å². The van der Waals surface area contributed by atoms with Gasteiger partial charge in [-0.1, -0.05) is 30.3 Å². The van der Waals surface area contributed by atoms with E-state index >= 15 is 0 Å². The lowest BCUT2D eigenvalue weighted by Crippen LogP contribution is -2.14. The fourth-order valence-corrected chi connectivity index (χ4v) is 1.94. The van der Waals surface area contributed by atoms with E-state index in [1.165, 1.54) is 6.07 Å². The molecule has 0 aromatic heterocycles. The summed E-state index contributed by atoms with van der Waals surface area (Å²) in [5.41, 5.74) is 14.5. The van der Waals surface area contributed by atoms with Crippen LogP contribution in [-0.4, -0.2) is 11.7 Å². The highest BCUT2D eigenvalue weighted by Crippen LogP contribution is 2.23. The van der Waals surface area contributed by atoms with Gasteiger partial charge in [0.15, 0.2) is 0 Å². The van der Waals surface area contributed by atoms with Gasteiger partial charge in [0.1, 0.15) is 5.82 Å². The summed E-state index contributed by atoms with van der Waals surface area (Å²) in [6.45, 7) is 0.0837. The molecule has 0 heterocycles. The van der Waals surface area contributed by atoms with Crippen LogP contribution in [0.15, 0.2) is 42.5 Å². The SMILES string of the molecule is NCc1cc(-c2ccc(C(N)CO)cc2)ccc1F. The highest BCUT2D eigenvalue weighted by Gasteiger charge is 2.06. The van der Waals surface area contributed by atoms with Crippen molar-refractivity contribution in [3.63, 3.8) is 0 Å². The molecule has 100 valence electrons. The second-order valence-electron chi connectivity index (χ2n) is 4.42. The van der Waals surface area contributed by atoms with Gasteiger partial charge < -0.3 is 16.6 Å². The van der Waals surface area contributed by atoms with Crippen molar-refractivity contribution in [2.45, 2.75) is 12.6 Å². The second kappa shape index (κ2) is 5.93.